The highest BCUT2D eigenvalue weighted by molar-refractivity contribution is 5.96. The molecule has 0 fully saturated rings. The zero-order chi connectivity index (χ0) is 21.9. The highest BCUT2D eigenvalue weighted by Crippen LogP contribution is 2.18. The van der Waals surface area contributed by atoms with Gasteiger partial charge in [0.2, 0.25) is 11.8 Å². The summed E-state index contributed by atoms with van der Waals surface area (Å²) in [5.74, 6) is -2.08. The second-order valence-corrected chi connectivity index (χ2v) is 6.69. The zero-order valence-corrected chi connectivity index (χ0v) is 17.0. The van der Waals surface area contributed by atoms with Crippen molar-refractivity contribution in [3.05, 3.63) is 65.2 Å². The van der Waals surface area contributed by atoms with Gasteiger partial charge in [0.05, 0.1) is 13.0 Å². The molecular weight excluding hydrogens is 386 g/mol. The van der Waals surface area contributed by atoms with Crippen LogP contribution in [-0.4, -0.2) is 43.4 Å². The van der Waals surface area contributed by atoms with Crippen LogP contribution >= 0.6 is 0 Å². The highest BCUT2D eigenvalue weighted by atomic mass is 16.5. The van der Waals surface area contributed by atoms with E-state index < -0.39 is 18.5 Å². The van der Waals surface area contributed by atoms with Crippen LogP contribution in [-0.2, 0) is 30.3 Å². The maximum absolute atomic E-state index is 12.0. The van der Waals surface area contributed by atoms with Gasteiger partial charge in [0.1, 0.15) is 6.54 Å². The normalized spacial score (nSPS) is 10.1. The van der Waals surface area contributed by atoms with E-state index in [1.165, 1.54) is 0 Å². The molecule has 158 valence electrons. The molecule has 0 aliphatic carbocycles. The van der Waals surface area contributed by atoms with Gasteiger partial charge in [-0.25, -0.2) is 0 Å². The Labute approximate surface area is 175 Å². The fraction of sp³-hybridized carbons (Fsp3) is 0.273. The predicted molar refractivity (Wildman–Crippen MR) is 112 cm³/mol. The lowest BCUT2D eigenvalue weighted by Crippen LogP contribution is -2.37. The van der Waals surface area contributed by atoms with Crippen molar-refractivity contribution in [3.63, 3.8) is 0 Å². The van der Waals surface area contributed by atoms with E-state index in [0.29, 0.717) is 5.69 Å². The number of carbonyl (C=O) groups excluding carboxylic acids is 4. The summed E-state index contributed by atoms with van der Waals surface area (Å²) in [7, 11) is 0. The third kappa shape index (κ3) is 7.75. The minimum Gasteiger partial charge on any atom is -0.454 e. The molecule has 30 heavy (non-hydrogen) atoms. The van der Waals surface area contributed by atoms with Gasteiger partial charge in [-0.2, -0.15) is 0 Å². The quantitative estimate of drug-likeness (QED) is 0.538. The molecule has 8 nitrogen and oxygen atoms in total. The molecule has 2 aromatic carbocycles. The van der Waals surface area contributed by atoms with Crippen molar-refractivity contribution < 1.29 is 23.9 Å². The molecule has 0 aliphatic rings. The van der Waals surface area contributed by atoms with E-state index in [2.05, 4.69) is 16.0 Å². The van der Waals surface area contributed by atoms with Crippen LogP contribution in [0.3, 0.4) is 0 Å². The van der Waals surface area contributed by atoms with Crippen molar-refractivity contribution in [2.75, 3.05) is 25.0 Å². The summed E-state index contributed by atoms with van der Waals surface area (Å²) in [6.07, 6.45) is 0.143. The van der Waals surface area contributed by atoms with Crippen molar-refractivity contribution in [1.29, 1.82) is 0 Å². The molecule has 8 heteroatoms. The summed E-state index contributed by atoms with van der Waals surface area (Å²) in [5, 5.41) is 7.55. The first-order valence-electron chi connectivity index (χ1n) is 9.44. The Morgan fingerprint density at radius 1 is 0.767 bits per heavy atom. The minimum absolute atomic E-state index is 0.143. The zero-order valence-electron chi connectivity index (χ0n) is 17.0. The Morgan fingerprint density at radius 3 is 2.07 bits per heavy atom. The number of para-hydroxylation sites is 1. The van der Waals surface area contributed by atoms with Gasteiger partial charge in [0.15, 0.2) is 6.61 Å². The number of ether oxygens (including phenoxy) is 1. The number of rotatable bonds is 9. The van der Waals surface area contributed by atoms with E-state index >= 15 is 0 Å². The number of nitrogens with one attached hydrogen (secondary N) is 3. The average Bonchev–Trinajstić information content (AvgIpc) is 2.72. The number of anilines is 1. The topological polar surface area (TPSA) is 114 Å². The maximum Gasteiger partial charge on any atom is 0.325 e. The third-order valence-corrected chi connectivity index (χ3v) is 4.19. The number of hydrogen-bond donors (Lipinski definition) is 3. The van der Waals surface area contributed by atoms with E-state index in [0.717, 1.165) is 16.7 Å². The molecular formula is C22H25N3O5. The van der Waals surface area contributed by atoms with Crippen LogP contribution in [0, 0.1) is 13.8 Å². The summed E-state index contributed by atoms with van der Waals surface area (Å²) in [5.41, 5.74) is 3.35. The van der Waals surface area contributed by atoms with Crippen LogP contribution in [0.25, 0.3) is 0 Å². The minimum atomic E-state index is -0.744. The van der Waals surface area contributed by atoms with Crippen molar-refractivity contribution in [1.82, 2.24) is 10.6 Å². The van der Waals surface area contributed by atoms with Gasteiger partial charge in [-0.15, -0.1) is 0 Å². The van der Waals surface area contributed by atoms with Gasteiger partial charge in [0.25, 0.3) is 5.91 Å². The van der Waals surface area contributed by atoms with Crippen LogP contribution in [0.15, 0.2) is 48.5 Å². The van der Waals surface area contributed by atoms with Gasteiger partial charge >= 0.3 is 5.97 Å². The Bertz CT molecular complexity index is 892. The molecule has 0 unspecified atom stereocenters. The number of carbonyl (C=O) groups is 4. The molecule has 0 saturated carbocycles. The Morgan fingerprint density at radius 2 is 1.40 bits per heavy atom. The van der Waals surface area contributed by atoms with E-state index in [1.807, 2.05) is 50.2 Å². The Hall–Kier alpha value is -3.68. The second-order valence-electron chi connectivity index (χ2n) is 6.69. The molecule has 0 bridgehead atoms. The molecule has 3 amide bonds. The number of esters is 1. The maximum atomic E-state index is 12.0. The first-order valence-corrected chi connectivity index (χ1v) is 9.44. The SMILES string of the molecule is Cc1cccc(C)c1NC(=O)CNC(=O)COC(=O)CNC(=O)Cc1ccccc1. The smallest absolute Gasteiger partial charge is 0.325 e. The predicted octanol–water partition coefficient (Wildman–Crippen LogP) is 1.26. The summed E-state index contributed by atoms with van der Waals surface area (Å²) in [6, 6.07) is 14.7. The number of benzene rings is 2. The van der Waals surface area contributed by atoms with Gasteiger partial charge in [-0.05, 0) is 30.5 Å². The molecule has 0 aromatic heterocycles. The van der Waals surface area contributed by atoms with Crippen LogP contribution in [0.4, 0.5) is 5.69 Å². The van der Waals surface area contributed by atoms with Gasteiger partial charge in [-0.1, -0.05) is 48.5 Å². The lowest BCUT2D eigenvalue weighted by Gasteiger charge is -2.12. The monoisotopic (exact) mass is 411 g/mol. The van der Waals surface area contributed by atoms with Crippen molar-refractivity contribution in [2.24, 2.45) is 0 Å². The summed E-state index contributed by atoms with van der Waals surface area (Å²) in [4.78, 5) is 47.2. The van der Waals surface area contributed by atoms with Gasteiger partial charge in [-0.3, -0.25) is 19.2 Å². The van der Waals surface area contributed by atoms with Crippen LogP contribution < -0.4 is 16.0 Å². The fourth-order valence-corrected chi connectivity index (χ4v) is 2.64. The van der Waals surface area contributed by atoms with E-state index in [-0.39, 0.29) is 31.3 Å². The van der Waals surface area contributed by atoms with E-state index in [9.17, 15) is 19.2 Å². The standard InChI is InChI=1S/C22H25N3O5/c1-15-7-6-8-16(2)22(15)25-19(27)12-23-20(28)14-30-21(29)13-24-18(26)11-17-9-4-3-5-10-17/h3-10H,11-14H2,1-2H3,(H,23,28)(H,24,26)(H,25,27). The van der Waals surface area contributed by atoms with Gasteiger partial charge < -0.3 is 20.7 Å². The molecule has 2 aromatic rings. The number of aryl methyl sites for hydroxylation is 2. The summed E-state index contributed by atoms with van der Waals surface area (Å²) < 4.78 is 4.80. The molecule has 2 rings (SSSR count). The highest BCUT2D eigenvalue weighted by Gasteiger charge is 2.12. The molecule has 0 heterocycles. The summed E-state index contributed by atoms with van der Waals surface area (Å²) in [6.45, 7) is 2.62. The van der Waals surface area contributed by atoms with Crippen LogP contribution in [0.1, 0.15) is 16.7 Å². The molecule has 0 aliphatic heterocycles. The molecule has 0 atom stereocenters. The van der Waals surface area contributed by atoms with Crippen LogP contribution in [0.5, 0.6) is 0 Å². The lowest BCUT2D eigenvalue weighted by atomic mass is 10.1. The van der Waals surface area contributed by atoms with Crippen molar-refractivity contribution >= 4 is 29.4 Å². The lowest BCUT2D eigenvalue weighted by molar-refractivity contribution is -0.148. The van der Waals surface area contributed by atoms with Crippen molar-refractivity contribution in [3.8, 4) is 0 Å². The Kier molecular flexibility index (Phi) is 8.56. The summed E-state index contributed by atoms with van der Waals surface area (Å²) >= 11 is 0. The first-order chi connectivity index (χ1) is 14.3. The van der Waals surface area contributed by atoms with Crippen molar-refractivity contribution in [2.45, 2.75) is 20.3 Å². The largest absolute Gasteiger partial charge is 0.454 e. The number of amides is 3. The van der Waals surface area contributed by atoms with E-state index in [1.54, 1.807) is 12.1 Å². The fourth-order valence-electron chi connectivity index (χ4n) is 2.64. The first kappa shape index (κ1) is 22.6. The molecule has 3 N–H and O–H groups in total. The molecule has 0 radical (unpaired) electrons. The van der Waals surface area contributed by atoms with Crippen LogP contribution in [0.2, 0.25) is 0 Å². The van der Waals surface area contributed by atoms with Gasteiger partial charge in [0, 0.05) is 5.69 Å². The average molecular weight is 411 g/mol. The van der Waals surface area contributed by atoms with E-state index in [4.69, 9.17) is 4.74 Å². The molecule has 0 saturated heterocycles. The second kappa shape index (κ2) is 11.4. The Balaban J connectivity index is 1.63. The third-order valence-electron chi connectivity index (χ3n) is 4.19. The number of hydrogen-bond acceptors (Lipinski definition) is 5. The molecule has 0 spiro atoms.